The largest absolute Gasteiger partial charge is 0.334 e. The van der Waals surface area contributed by atoms with Crippen LogP contribution in [0.4, 0.5) is 11.4 Å². The van der Waals surface area contributed by atoms with E-state index in [4.69, 9.17) is 0 Å². The van der Waals surface area contributed by atoms with E-state index in [1.54, 1.807) is 0 Å². The molecule has 4 rings (SSSR count). The van der Waals surface area contributed by atoms with E-state index in [1.807, 2.05) is 0 Å². The smallest absolute Gasteiger partial charge is 0.0547 e. The van der Waals surface area contributed by atoms with E-state index in [0.29, 0.717) is 11.8 Å². The van der Waals surface area contributed by atoms with Crippen LogP contribution in [-0.4, -0.2) is 6.04 Å². The van der Waals surface area contributed by atoms with Gasteiger partial charge in [0.2, 0.25) is 0 Å². The zero-order chi connectivity index (χ0) is 23.9. The van der Waals surface area contributed by atoms with E-state index in [1.165, 1.54) is 33.6 Å². The summed E-state index contributed by atoms with van der Waals surface area (Å²) in [7, 11) is 0. The lowest BCUT2D eigenvalue weighted by Gasteiger charge is -2.38. The fourth-order valence-corrected chi connectivity index (χ4v) is 4.65. The molecule has 0 aromatic heterocycles. The molecule has 0 saturated carbocycles. The van der Waals surface area contributed by atoms with Gasteiger partial charge in [-0.25, -0.2) is 0 Å². The Bertz CT molecular complexity index is 1080. The highest BCUT2D eigenvalue weighted by Gasteiger charge is 2.27. The highest BCUT2D eigenvalue weighted by atomic mass is 15.2. The van der Waals surface area contributed by atoms with Crippen molar-refractivity contribution in [3.63, 3.8) is 0 Å². The maximum Gasteiger partial charge on any atom is 0.0547 e. The molecule has 0 radical (unpaired) electrons. The lowest BCUT2D eigenvalue weighted by atomic mass is 9.85. The molecule has 4 aromatic rings. The summed E-state index contributed by atoms with van der Waals surface area (Å²) in [5.41, 5.74) is 7.31. The molecule has 34 heavy (non-hydrogen) atoms. The molecule has 0 N–H and O–H groups in total. The van der Waals surface area contributed by atoms with E-state index >= 15 is 0 Å². The number of benzene rings is 4. The Morgan fingerprint density at radius 2 is 1.00 bits per heavy atom. The van der Waals surface area contributed by atoms with Gasteiger partial charge in [0.25, 0.3) is 0 Å². The fourth-order valence-electron chi connectivity index (χ4n) is 4.65. The molecule has 1 unspecified atom stereocenters. The van der Waals surface area contributed by atoms with E-state index in [2.05, 4.69) is 148 Å². The molecule has 0 aliphatic heterocycles. The van der Waals surface area contributed by atoms with Gasteiger partial charge in [-0.3, -0.25) is 0 Å². The highest BCUT2D eigenvalue weighted by molar-refractivity contribution is 5.73. The first kappa shape index (κ1) is 23.6. The number of rotatable bonds is 9. The topological polar surface area (TPSA) is 3.24 Å². The normalized spacial score (nSPS) is 13.6. The molecular formula is C33H35N. The van der Waals surface area contributed by atoms with E-state index in [9.17, 15) is 0 Å². The summed E-state index contributed by atoms with van der Waals surface area (Å²) in [6, 6.07) is 39.2. The molecule has 4 aromatic carbocycles. The van der Waals surface area contributed by atoms with Gasteiger partial charge in [0.1, 0.15) is 0 Å². The van der Waals surface area contributed by atoms with Gasteiger partial charge >= 0.3 is 0 Å². The minimum absolute atomic E-state index is 0.195. The molecule has 0 heterocycles. The maximum atomic E-state index is 4.26. The fraction of sp³-hybridized carbons (Fsp3) is 0.212. The Morgan fingerprint density at radius 3 is 1.35 bits per heavy atom. The minimum atomic E-state index is 0.195. The molecule has 0 amide bonds. The Labute approximate surface area is 205 Å². The quantitative estimate of drug-likeness (QED) is 0.232. The third-order valence-corrected chi connectivity index (χ3v) is 7.13. The summed E-state index contributed by atoms with van der Waals surface area (Å²) < 4.78 is 0. The Hall–Kier alpha value is -3.58. The molecule has 0 bridgehead atoms. The molecule has 3 atom stereocenters. The van der Waals surface area contributed by atoms with Crippen LogP contribution in [0.3, 0.4) is 0 Å². The number of nitrogens with zero attached hydrogens (tertiary/aromatic N) is 1. The summed E-state index contributed by atoms with van der Waals surface area (Å²) in [5.74, 6) is 1.06. The van der Waals surface area contributed by atoms with Gasteiger partial charge in [-0.15, -0.1) is 6.58 Å². The van der Waals surface area contributed by atoms with Crippen LogP contribution in [0.25, 0.3) is 22.3 Å². The number of hydrogen-bond donors (Lipinski definition) is 0. The summed E-state index contributed by atoms with van der Waals surface area (Å²) in [6.07, 6.45) is 3.27. The molecule has 0 saturated heterocycles. The predicted octanol–water partition coefficient (Wildman–Crippen LogP) is 9.40. The Morgan fingerprint density at radius 1 is 0.618 bits per heavy atom. The zero-order valence-corrected chi connectivity index (χ0v) is 20.6. The van der Waals surface area contributed by atoms with Gasteiger partial charge in [0, 0.05) is 11.4 Å². The monoisotopic (exact) mass is 445 g/mol. The van der Waals surface area contributed by atoms with Gasteiger partial charge in [0.05, 0.1) is 6.04 Å². The molecule has 1 nitrogen and oxygen atoms in total. The van der Waals surface area contributed by atoms with Crippen molar-refractivity contribution < 1.29 is 0 Å². The van der Waals surface area contributed by atoms with Crippen LogP contribution in [0.5, 0.6) is 0 Å². The van der Waals surface area contributed by atoms with E-state index in [-0.39, 0.29) is 6.04 Å². The molecular weight excluding hydrogens is 410 g/mol. The average Bonchev–Trinajstić information content (AvgIpc) is 2.92. The standard InChI is InChI=1S/C33H35N/c1-5-25(3)26(4)33(6-2)34(31-21-17-29(18-22-31)27-13-9-7-10-14-27)32-23-19-30(20-24-32)28-15-11-8-12-16-28/h6-26,33H,2,5H2,1,3-4H3/t25-,26+,33?/m0/s1. The second-order valence-electron chi connectivity index (χ2n) is 9.17. The number of hydrogen-bond acceptors (Lipinski definition) is 1. The molecule has 0 aliphatic rings. The van der Waals surface area contributed by atoms with Gasteiger partial charge < -0.3 is 4.90 Å². The van der Waals surface area contributed by atoms with Crippen LogP contribution in [0, 0.1) is 11.8 Å². The molecule has 0 fully saturated rings. The van der Waals surface area contributed by atoms with Gasteiger partial charge in [-0.1, -0.05) is 118 Å². The van der Waals surface area contributed by atoms with Crippen molar-refractivity contribution in [2.75, 3.05) is 4.90 Å². The van der Waals surface area contributed by atoms with Crippen LogP contribution < -0.4 is 4.90 Å². The highest BCUT2D eigenvalue weighted by Crippen LogP contribution is 2.36. The summed E-state index contributed by atoms with van der Waals surface area (Å²) >= 11 is 0. The van der Waals surface area contributed by atoms with Crippen LogP contribution in [0.1, 0.15) is 27.2 Å². The second-order valence-corrected chi connectivity index (χ2v) is 9.17. The zero-order valence-electron chi connectivity index (χ0n) is 20.6. The maximum absolute atomic E-state index is 4.26. The van der Waals surface area contributed by atoms with Gasteiger partial charge in [0.15, 0.2) is 0 Å². The molecule has 0 aliphatic carbocycles. The summed E-state index contributed by atoms with van der Waals surface area (Å²) in [6.45, 7) is 11.2. The first-order valence-electron chi connectivity index (χ1n) is 12.3. The van der Waals surface area contributed by atoms with E-state index in [0.717, 1.165) is 6.42 Å². The van der Waals surface area contributed by atoms with Gasteiger partial charge in [-0.05, 0) is 58.4 Å². The summed E-state index contributed by atoms with van der Waals surface area (Å²) in [4.78, 5) is 2.45. The predicted molar refractivity (Wildman–Crippen MR) is 148 cm³/mol. The van der Waals surface area contributed by atoms with Crippen LogP contribution >= 0.6 is 0 Å². The Balaban J connectivity index is 1.73. The average molecular weight is 446 g/mol. The second kappa shape index (κ2) is 11.0. The lowest BCUT2D eigenvalue weighted by molar-refractivity contribution is 0.346. The SMILES string of the molecule is C=CC([C@H](C)[C@@H](C)CC)N(c1ccc(-c2ccccc2)cc1)c1ccc(-c2ccccc2)cc1. The van der Waals surface area contributed by atoms with Crippen molar-refractivity contribution in [1.82, 2.24) is 0 Å². The molecule has 172 valence electrons. The van der Waals surface area contributed by atoms with Crippen LogP contribution in [-0.2, 0) is 0 Å². The van der Waals surface area contributed by atoms with Crippen molar-refractivity contribution in [3.8, 4) is 22.3 Å². The first-order valence-corrected chi connectivity index (χ1v) is 12.3. The van der Waals surface area contributed by atoms with Crippen LogP contribution in [0.2, 0.25) is 0 Å². The third-order valence-electron chi connectivity index (χ3n) is 7.13. The van der Waals surface area contributed by atoms with Crippen molar-refractivity contribution in [3.05, 3.63) is 122 Å². The molecule has 0 spiro atoms. The van der Waals surface area contributed by atoms with Crippen molar-refractivity contribution >= 4 is 11.4 Å². The summed E-state index contributed by atoms with van der Waals surface area (Å²) in [5, 5.41) is 0. The number of anilines is 2. The van der Waals surface area contributed by atoms with Gasteiger partial charge in [-0.2, -0.15) is 0 Å². The Kier molecular flexibility index (Phi) is 7.65. The van der Waals surface area contributed by atoms with Crippen molar-refractivity contribution in [2.24, 2.45) is 11.8 Å². The minimum Gasteiger partial charge on any atom is -0.334 e. The van der Waals surface area contributed by atoms with E-state index < -0.39 is 0 Å². The first-order chi connectivity index (χ1) is 16.6. The van der Waals surface area contributed by atoms with Crippen LogP contribution in [0.15, 0.2) is 122 Å². The lowest BCUT2D eigenvalue weighted by Crippen LogP contribution is -2.37. The third kappa shape index (κ3) is 5.15. The van der Waals surface area contributed by atoms with Crippen molar-refractivity contribution in [2.45, 2.75) is 33.2 Å². The van der Waals surface area contributed by atoms with Crippen molar-refractivity contribution in [1.29, 1.82) is 0 Å². The molecule has 1 heteroatoms.